The van der Waals surface area contributed by atoms with Crippen molar-refractivity contribution in [1.82, 2.24) is 9.78 Å². The topological polar surface area (TPSA) is 98.3 Å². The molecule has 7 nitrogen and oxygen atoms in total. The average molecular weight is 340 g/mol. The molecule has 0 aliphatic rings. The van der Waals surface area contributed by atoms with E-state index < -0.39 is 10.9 Å². The molecule has 2 aromatic rings. The van der Waals surface area contributed by atoms with Crippen molar-refractivity contribution in [2.24, 2.45) is 0 Å². The Bertz CT molecular complexity index is 724. The van der Waals surface area contributed by atoms with E-state index in [4.69, 9.17) is 5.11 Å². The fourth-order valence-electron chi connectivity index (χ4n) is 1.83. The highest BCUT2D eigenvalue weighted by atomic mass is 79.9. The van der Waals surface area contributed by atoms with Crippen LogP contribution in [0.3, 0.4) is 0 Å². The normalized spacial score (nSPS) is 10.6. The maximum Gasteiger partial charge on any atom is 0.356 e. The molecule has 0 saturated carbocycles. The molecule has 1 N–H and O–H groups in total. The van der Waals surface area contributed by atoms with Gasteiger partial charge in [-0.15, -0.1) is 0 Å². The van der Waals surface area contributed by atoms with E-state index in [0.717, 1.165) is 0 Å². The predicted molar refractivity (Wildman–Crippen MR) is 74.4 cm³/mol. The molecular weight excluding hydrogens is 330 g/mol. The van der Waals surface area contributed by atoms with E-state index in [9.17, 15) is 14.9 Å². The summed E-state index contributed by atoms with van der Waals surface area (Å²) in [6, 6.07) is 4.38. The average Bonchev–Trinajstić information content (AvgIpc) is 2.71. The van der Waals surface area contributed by atoms with Crippen LogP contribution in [0, 0.1) is 24.0 Å². The second kappa shape index (κ2) is 5.04. The lowest BCUT2D eigenvalue weighted by molar-refractivity contribution is -0.385. The second-order valence-corrected chi connectivity index (χ2v) is 5.09. The van der Waals surface area contributed by atoms with Crippen LogP contribution >= 0.6 is 15.9 Å². The van der Waals surface area contributed by atoms with E-state index in [1.165, 1.54) is 16.8 Å². The van der Waals surface area contributed by atoms with Gasteiger partial charge in [-0.1, -0.05) is 0 Å². The fraction of sp³-hybridized carbons (Fsp3) is 0.167. The Morgan fingerprint density at radius 3 is 2.55 bits per heavy atom. The first kappa shape index (κ1) is 14.2. The summed E-state index contributed by atoms with van der Waals surface area (Å²) >= 11 is 3.32. The van der Waals surface area contributed by atoms with Gasteiger partial charge in [-0.3, -0.25) is 10.1 Å². The lowest BCUT2D eigenvalue weighted by Gasteiger charge is -2.08. The molecular formula is C12H10BrN3O4. The molecule has 0 bridgehead atoms. The number of halogens is 1. The number of carboxylic acid groups (broad SMARTS) is 1. The van der Waals surface area contributed by atoms with Crippen LogP contribution in [-0.2, 0) is 0 Å². The molecule has 0 radical (unpaired) electrons. The summed E-state index contributed by atoms with van der Waals surface area (Å²) in [4.78, 5) is 21.4. The number of benzene rings is 1. The summed E-state index contributed by atoms with van der Waals surface area (Å²) in [7, 11) is 0. The van der Waals surface area contributed by atoms with E-state index in [2.05, 4.69) is 21.0 Å². The number of carboxylic acids is 1. The van der Waals surface area contributed by atoms with E-state index in [-0.39, 0.29) is 11.4 Å². The van der Waals surface area contributed by atoms with E-state index >= 15 is 0 Å². The van der Waals surface area contributed by atoms with Crippen LogP contribution in [0.1, 0.15) is 21.7 Å². The van der Waals surface area contributed by atoms with Gasteiger partial charge in [0.15, 0.2) is 5.69 Å². The SMILES string of the molecule is Cc1cc(Br)c(-n2nc(C(=O)O)cc2C)cc1[N+](=O)[O-]. The monoisotopic (exact) mass is 339 g/mol. The third-order valence-electron chi connectivity index (χ3n) is 2.80. The summed E-state index contributed by atoms with van der Waals surface area (Å²) in [6.07, 6.45) is 0. The van der Waals surface area contributed by atoms with E-state index in [1.54, 1.807) is 19.9 Å². The highest BCUT2D eigenvalue weighted by Gasteiger charge is 2.18. The van der Waals surface area contributed by atoms with Gasteiger partial charge in [0.25, 0.3) is 5.69 Å². The Hall–Kier alpha value is -2.22. The minimum absolute atomic E-state index is 0.0463. The molecule has 0 aliphatic heterocycles. The first-order chi connectivity index (χ1) is 9.31. The number of nitro benzene ring substituents is 1. The van der Waals surface area contributed by atoms with Crippen molar-refractivity contribution >= 4 is 27.6 Å². The van der Waals surface area contributed by atoms with Crippen molar-refractivity contribution in [3.05, 3.63) is 49.7 Å². The molecule has 1 aromatic carbocycles. The Morgan fingerprint density at radius 2 is 2.05 bits per heavy atom. The van der Waals surface area contributed by atoms with Gasteiger partial charge in [0, 0.05) is 21.8 Å². The largest absolute Gasteiger partial charge is 0.476 e. The second-order valence-electron chi connectivity index (χ2n) is 4.24. The molecule has 0 unspecified atom stereocenters. The highest BCUT2D eigenvalue weighted by Crippen LogP contribution is 2.30. The summed E-state index contributed by atoms with van der Waals surface area (Å²) < 4.78 is 1.96. The van der Waals surface area contributed by atoms with Crippen molar-refractivity contribution in [3.63, 3.8) is 0 Å². The van der Waals surface area contributed by atoms with Crippen LogP contribution in [-0.4, -0.2) is 25.8 Å². The van der Waals surface area contributed by atoms with Crippen molar-refractivity contribution in [2.45, 2.75) is 13.8 Å². The first-order valence-corrected chi connectivity index (χ1v) is 6.35. The molecule has 1 heterocycles. The number of nitrogens with zero attached hydrogens (tertiary/aromatic N) is 3. The summed E-state index contributed by atoms with van der Waals surface area (Å²) in [6.45, 7) is 3.31. The lowest BCUT2D eigenvalue weighted by Crippen LogP contribution is -2.04. The Kier molecular flexibility index (Phi) is 3.58. The fourth-order valence-corrected chi connectivity index (χ4v) is 2.46. The Balaban J connectivity index is 2.66. The lowest BCUT2D eigenvalue weighted by atomic mass is 10.2. The van der Waals surface area contributed by atoms with Gasteiger partial charge in [0.05, 0.1) is 10.6 Å². The molecule has 20 heavy (non-hydrogen) atoms. The third kappa shape index (κ3) is 2.42. The maximum absolute atomic E-state index is 11.0. The number of aryl methyl sites for hydroxylation is 2. The summed E-state index contributed by atoms with van der Waals surface area (Å²) in [5.74, 6) is -1.15. The van der Waals surface area contributed by atoms with Crippen molar-refractivity contribution < 1.29 is 14.8 Å². The maximum atomic E-state index is 11.0. The van der Waals surface area contributed by atoms with Crippen molar-refractivity contribution in [1.29, 1.82) is 0 Å². The summed E-state index contributed by atoms with van der Waals surface area (Å²) in [5, 5.41) is 23.8. The van der Waals surface area contributed by atoms with Crippen LogP contribution in [0.4, 0.5) is 5.69 Å². The van der Waals surface area contributed by atoms with Crippen LogP contribution in [0.5, 0.6) is 0 Å². The predicted octanol–water partition coefficient (Wildman–Crippen LogP) is 2.86. The standard InChI is InChI=1S/C12H10BrN3O4/c1-6-3-8(13)11(5-10(6)16(19)20)15-7(2)4-9(14-15)12(17)18/h3-5H,1-2H3,(H,17,18). The van der Waals surface area contributed by atoms with Gasteiger partial charge >= 0.3 is 5.97 Å². The zero-order valence-electron chi connectivity index (χ0n) is 10.6. The van der Waals surface area contributed by atoms with Crippen LogP contribution in [0.15, 0.2) is 22.7 Å². The zero-order valence-corrected chi connectivity index (χ0v) is 12.2. The van der Waals surface area contributed by atoms with E-state index in [1.807, 2.05) is 0 Å². The Labute approximate surface area is 122 Å². The van der Waals surface area contributed by atoms with Gasteiger partial charge in [0.1, 0.15) is 0 Å². The Morgan fingerprint density at radius 1 is 1.40 bits per heavy atom. The number of nitro groups is 1. The van der Waals surface area contributed by atoms with Gasteiger partial charge < -0.3 is 5.11 Å². The minimum Gasteiger partial charge on any atom is -0.476 e. The molecule has 0 amide bonds. The highest BCUT2D eigenvalue weighted by molar-refractivity contribution is 9.10. The van der Waals surface area contributed by atoms with E-state index in [0.29, 0.717) is 21.4 Å². The number of carbonyl (C=O) groups is 1. The molecule has 1 aromatic heterocycles. The molecule has 2 rings (SSSR count). The first-order valence-electron chi connectivity index (χ1n) is 5.56. The minimum atomic E-state index is -1.15. The third-order valence-corrected chi connectivity index (χ3v) is 3.43. The van der Waals surface area contributed by atoms with Crippen molar-refractivity contribution in [3.8, 4) is 5.69 Å². The van der Waals surface area contributed by atoms with Crippen molar-refractivity contribution in [2.75, 3.05) is 0 Å². The van der Waals surface area contributed by atoms with Gasteiger partial charge in [0.2, 0.25) is 0 Å². The quantitative estimate of drug-likeness (QED) is 0.684. The molecule has 0 atom stereocenters. The molecule has 0 spiro atoms. The van der Waals surface area contributed by atoms with Gasteiger partial charge in [-0.05, 0) is 41.9 Å². The number of aromatic nitrogens is 2. The van der Waals surface area contributed by atoms with Gasteiger partial charge in [-0.25, -0.2) is 9.48 Å². The number of aromatic carboxylic acids is 1. The number of hydrogen-bond donors (Lipinski definition) is 1. The number of rotatable bonds is 3. The molecule has 0 fully saturated rings. The van der Waals surface area contributed by atoms with Crippen LogP contribution in [0.25, 0.3) is 5.69 Å². The molecule has 0 saturated heterocycles. The van der Waals surface area contributed by atoms with Crippen LogP contribution in [0.2, 0.25) is 0 Å². The molecule has 104 valence electrons. The van der Waals surface area contributed by atoms with Crippen LogP contribution < -0.4 is 0 Å². The smallest absolute Gasteiger partial charge is 0.356 e. The zero-order chi connectivity index (χ0) is 15.0. The molecule has 0 aliphatic carbocycles. The van der Waals surface area contributed by atoms with Gasteiger partial charge in [-0.2, -0.15) is 5.10 Å². The number of hydrogen-bond acceptors (Lipinski definition) is 4. The molecule has 8 heteroatoms. The summed E-state index contributed by atoms with van der Waals surface area (Å²) in [5.41, 5.74) is 1.34.